The number of aryl methyl sites for hydroxylation is 1. The second kappa shape index (κ2) is 5.19. The molecule has 104 valence electrons. The van der Waals surface area contributed by atoms with Crippen LogP contribution in [0.1, 0.15) is 43.4 Å². The molecule has 4 nitrogen and oxygen atoms in total. The van der Waals surface area contributed by atoms with Gasteiger partial charge in [0.1, 0.15) is 0 Å². The van der Waals surface area contributed by atoms with Crippen molar-refractivity contribution in [3.8, 4) is 0 Å². The highest BCUT2D eigenvalue weighted by atomic mass is 32.2. The van der Waals surface area contributed by atoms with Gasteiger partial charge in [0, 0.05) is 29.6 Å². The number of hydrogen-bond donors (Lipinski definition) is 1. The van der Waals surface area contributed by atoms with Gasteiger partial charge in [0.05, 0.1) is 12.7 Å². The Morgan fingerprint density at radius 1 is 1.42 bits per heavy atom. The van der Waals surface area contributed by atoms with Crippen LogP contribution in [0.25, 0.3) is 0 Å². The minimum absolute atomic E-state index is 0.353. The first kappa shape index (κ1) is 13.0. The lowest BCUT2D eigenvalue weighted by molar-refractivity contribution is 0.303. The van der Waals surface area contributed by atoms with Gasteiger partial charge in [-0.3, -0.25) is 9.67 Å². The molecule has 1 saturated heterocycles. The van der Waals surface area contributed by atoms with Gasteiger partial charge in [-0.05, 0) is 19.8 Å². The Morgan fingerprint density at radius 3 is 2.89 bits per heavy atom. The zero-order chi connectivity index (χ0) is 13.3. The van der Waals surface area contributed by atoms with Crippen molar-refractivity contribution in [3.63, 3.8) is 0 Å². The second-order valence-electron chi connectivity index (χ2n) is 5.75. The van der Waals surface area contributed by atoms with E-state index in [9.17, 15) is 0 Å². The summed E-state index contributed by atoms with van der Waals surface area (Å²) in [7, 11) is 1.98. The summed E-state index contributed by atoms with van der Waals surface area (Å²) in [6, 6.07) is 0. The number of rotatable bonds is 2. The van der Waals surface area contributed by atoms with Crippen LogP contribution in [-0.2, 0) is 13.6 Å². The average Bonchev–Trinajstić information content (AvgIpc) is 2.95. The van der Waals surface area contributed by atoms with Crippen LogP contribution in [0.2, 0.25) is 0 Å². The predicted molar refractivity (Wildman–Crippen MR) is 80.5 cm³/mol. The number of nitrogens with one attached hydrogen (secondary N) is 1. The molecule has 0 amide bonds. The number of aliphatic imine (C=N–C) groups is 1. The van der Waals surface area contributed by atoms with E-state index in [1.807, 2.05) is 29.7 Å². The van der Waals surface area contributed by atoms with Gasteiger partial charge in [0.15, 0.2) is 5.17 Å². The number of thioether (sulfide) groups is 1. The Bertz CT molecular complexity index is 486. The minimum Gasteiger partial charge on any atom is -0.359 e. The van der Waals surface area contributed by atoms with Crippen LogP contribution in [0.3, 0.4) is 0 Å². The smallest absolute Gasteiger partial charge is 0.157 e. The fourth-order valence-corrected chi connectivity index (χ4v) is 4.16. The fourth-order valence-electron chi connectivity index (χ4n) is 2.94. The molecule has 0 radical (unpaired) electrons. The van der Waals surface area contributed by atoms with Gasteiger partial charge < -0.3 is 5.32 Å². The molecule has 1 N–H and O–H groups in total. The highest BCUT2D eigenvalue weighted by Crippen LogP contribution is 2.36. The van der Waals surface area contributed by atoms with Crippen molar-refractivity contribution in [1.82, 2.24) is 15.1 Å². The molecule has 2 heterocycles. The lowest BCUT2D eigenvalue weighted by atomic mass is 9.83. The van der Waals surface area contributed by atoms with E-state index in [4.69, 9.17) is 4.99 Å². The Hall–Kier alpha value is -0.970. The molecule has 0 aromatic carbocycles. The van der Waals surface area contributed by atoms with Crippen molar-refractivity contribution >= 4 is 16.9 Å². The third-order valence-electron chi connectivity index (χ3n) is 4.40. The molecule has 0 atom stereocenters. The molecule has 1 saturated carbocycles. The first-order chi connectivity index (χ1) is 9.19. The number of nitrogens with zero attached hydrogens (tertiary/aromatic N) is 3. The number of aromatic nitrogens is 2. The van der Waals surface area contributed by atoms with Crippen LogP contribution < -0.4 is 5.32 Å². The molecule has 1 aromatic heterocycles. The summed E-state index contributed by atoms with van der Waals surface area (Å²) in [5.74, 6) is 1.19. The maximum absolute atomic E-state index is 4.73. The molecular formula is C14H22N4S. The minimum atomic E-state index is 0.353. The van der Waals surface area contributed by atoms with Gasteiger partial charge in [0.2, 0.25) is 0 Å². The fraction of sp³-hybridized carbons (Fsp3) is 0.714. The Morgan fingerprint density at radius 2 is 2.21 bits per heavy atom. The molecule has 0 unspecified atom stereocenters. The largest absolute Gasteiger partial charge is 0.359 e. The maximum Gasteiger partial charge on any atom is 0.157 e. The van der Waals surface area contributed by atoms with E-state index in [2.05, 4.69) is 17.3 Å². The summed E-state index contributed by atoms with van der Waals surface area (Å²) in [4.78, 5) is 4.73. The zero-order valence-corrected chi connectivity index (χ0v) is 12.6. The Kier molecular flexibility index (Phi) is 3.56. The lowest BCUT2D eigenvalue weighted by Crippen LogP contribution is -2.45. The molecular weight excluding hydrogens is 256 g/mol. The van der Waals surface area contributed by atoms with Crippen LogP contribution in [0.4, 0.5) is 0 Å². The zero-order valence-electron chi connectivity index (χ0n) is 11.8. The Balaban J connectivity index is 1.64. The van der Waals surface area contributed by atoms with Crippen LogP contribution in [0.5, 0.6) is 0 Å². The van der Waals surface area contributed by atoms with Crippen LogP contribution in [0, 0.1) is 6.92 Å². The van der Waals surface area contributed by atoms with Crippen LogP contribution in [-0.4, -0.2) is 26.2 Å². The van der Waals surface area contributed by atoms with E-state index in [0.29, 0.717) is 5.54 Å². The molecule has 19 heavy (non-hydrogen) atoms. The Labute approximate surface area is 119 Å². The highest BCUT2D eigenvalue weighted by molar-refractivity contribution is 8.14. The van der Waals surface area contributed by atoms with Crippen LogP contribution in [0.15, 0.2) is 11.2 Å². The van der Waals surface area contributed by atoms with Gasteiger partial charge >= 0.3 is 0 Å². The van der Waals surface area contributed by atoms with E-state index in [1.165, 1.54) is 49.1 Å². The predicted octanol–water partition coefficient (Wildman–Crippen LogP) is 2.62. The maximum atomic E-state index is 4.73. The van der Waals surface area contributed by atoms with Crippen molar-refractivity contribution in [2.24, 2.45) is 12.0 Å². The molecule has 2 fully saturated rings. The quantitative estimate of drug-likeness (QED) is 0.904. The molecule has 0 bridgehead atoms. The van der Waals surface area contributed by atoms with Crippen molar-refractivity contribution in [3.05, 3.63) is 17.5 Å². The van der Waals surface area contributed by atoms with Gasteiger partial charge in [-0.1, -0.05) is 31.0 Å². The molecule has 1 aliphatic carbocycles. The molecule has 1 aliphatic heterocycles. The third kappa shape index (κ3) is 2.66. The third-order valence-corrected chi connectivity index (χ3v) is 5.60. The molecule has 2 aliphatic rings. The second-order valence-corrected chi connectivity index (χ2v) is 6.72. The van der Waals surface area contributed by atoms with E-state index in [-0.39, 0.29) is 0 Å². The number of hydrogen-bond acceptors (Lipinski definition) is 3. The van der Waals surface area contributed by atoms with Gasteiger partial charge in [0.25, 0.3) is 0 Å². The summed E-state index contributed by atoms with van der Waals surface area (Å²) < 4.78 is 1.91. The first-order valence-corrected chi connectivity index (χ1v) is 8.10. The summed E-state index contributed by atoms with van der Waals surface area (Å²) >= 11 is 1.89. The van der Waals surface area contributed by atoms with E-state index >= 15 is 0 Å². The molecule has 1 aromatic rings. The number of amidine groups is 1. The SMILES string of the molecule is Cc1c(CN=C2NC3(CCCCC3)CS2)cnn1C. The topological polar surface area (TPSA) is 42.2 Å². The highest BCUT2D eigenvalue weighted by Gasteiger charge is 2.37. The first-order valence-electron chi connectivity index (χ1n) is 7.11. The van der Waals surface area contributed by atoms with Crippen LogP contribution >= 0.6 is 11.8 Å². The van der Waals surface area contributed by atoms with Gasteiger partial charge in [-0.2, -0.15) is 5.10 Å². The summed E-state index contributed by atoms with van der Waals surface area (Å²) in [6.45, 7) is 2.84. The van der Waals surface area contributed by atoms with E-state index < -0.39 is 0 Å². The molecule has 5 heteroatoms. The summed E-state index contributed by atoms with van der Waals surface area (Å²) in [5, 5.41) is 9.08. The van der Waals surface area contributed by atoms with E-state index in [0.717, 1.165) is 11.7 Å². The molecule has 1 spiro atoms. The normalized spacial score (nSPS) is 24.0. The monoisotopic (exact) mass is 278 g/mol. The average molecular weight is 278 g/mol. The van der Waals surface area contributed by atoms with Gasteiger partial charge in [-0.15, -0.1) is 0 Å². The standard InChI is InChI=1S/C14H22N4S/c1-11-12(9-16-18(11)2)8-15-13-17-14(10-19-13)6-4-3-5-7-14/h9H,3-8,10H2,1-2H3,(H,15,17). The molecule has 3 rings (SSSR count). The van der Waals surface area contributed by atoms with Crippen molar-refractivity contribution in [2.45, 2.75) is 51.1 Å². The van der Waals surface area contributed by atoms with Gasteiger partial charge in [-0.25, -0.2) is 0 Å². The van der Waals surface area contributed by atoms with Crippen molar-refractivity contribution < 1.29 is 0 Å². The summed E-state index contributed by atoms with van der Waals surface area (Å²) in [5.41, 5.74) is 2.79. The van der Waals surface area contributed by atoms with Crippen molar-refractivity contribution in [1.29, 1.82) is 0 Å². The summed E-state index contributed by atoms with van der Waals surface area (Å²) in [6.07, 6.45) is 8.67. The van der Waals surface area contributed by atoms with Crippen molar-refractivity contribution in [2.75, 3.05) is 5.75 Å². The lowest BCUT2D eigenvalue weighted by Gasteiger charge is -2.32. The van der Waals surface area contributed by atoms with E-state index in [1.54, 1.807) is 0 Å².